The Hall–Kier alpha value is -1.06. The first-order chi connectivity index (χ1) is 11.5. The Labute approximate surface area is 154 Å². The molecule has 24 heavy (non-hydrogen) atoms. The summed E-state index contributed by atoms with van der Waals surface area (Å²) in [6, 6.07) is 13.4. The van der Waals surface area contributed by atoms with E-state index in [4.69, 9.17) is 23.2 Å². The molecule has 3 rings (SSSR count). The van der Waals surface area contributed by atoms with E-state index in [-0.39, 0.29) is 0 Å². The van der Waals surface area contributed by atoms with Crippen molar-refractivity contribution in [3.8, 4) is 0 Å². The molecule has 0 saturated carbocycles. The number of rotatable bonds is 4. The molecule has 0 aliphatic heterocycles. The Morgan fingerprint density at radius 2 is 1.79 bits per heavy atom. The summed E-state index contributed by atoms with van der Waals surface area (Å²) in [5.74, 6) is 0.382. The first-order valence-electron chi connectivity index (χ1n) is 8.39. The van der Waals surface area contributed by atoms with Gasteiger partial charge in [-0.05, 0) is 68.4 Å². The van der Waals surface area contributed by atoms with E-state index >= 15 is 0 Å². The molecule has 0 amide bonds. The smallest absolute Gasteiger partial charge is 0.0595 e. The van der Waals surface area contributed by atoms with Gasteiger partial charge in [0, 0.05) is 18.5 Å². The first-order valence-corrected chi connectivity index (χ1v) is 9.15. The van der Waals surface area contributed by atoms with Crippen LogP contribution in [0.2, 0.25) is 10.0 Å². The topological polar surface area (TPSA) is 15.3 Å². The predicted molar refractivity (Wildman–Crippen MR) is 103 cm³/mol. The fraction of sp³-hybridized carbons (Fsp3) is 0.400. The molecule has 0 heterocycles. The third kappa shape index (κ3) is 3.62. The maximum atomic E-state index is 6.25. The van der Waals surface area contributed by atoms with E-state index in [1.165, 1.54) is 22.3 Å². The lowest BCUT2D eigenvalue weighted by molar-refractivity contribution is 0.401. The Kier molecular flexibility index (Phi) is 5.51. The highest BCUT2D eigenvalue weighted by Gasteiger charge is 2.28. The lowest BCUT2D eigenvalue weighted by Gasteiger charge is -2.32. The predicted octanol–water partition coefficient (Wildman–Crippen LogP) is 5.24. The van der Waals surface area contributed by atoms with Crippen molar-refractivity contribution in [3.63, 3.8) is 0 Å². The maximum Gasteiger partial charge on any atom is 0.0595 e. The highest BCUT2D eigenvalue weighted by molar-refractivity contribution is 6.42. The molecule has 2 nitrogen and oxygen atoms in total. The third-order valence-corrected chi connectivity index (χ3v) is 5.58. The number of hydrogen-bond donors (Lipinski definition) is 1. The van der Waals surface area contributed by atoms with Crippen LogP contribution in [0.4, 0.5) is 0 Å². The van der Waals surface area contributed by atoms with E-state index in [0.29, 0.717) is 22.0 Å². The molecule has 2 aromatic rings. The minimum absolute atomic E-state index is 0.382. The fourth-order valence-electron chi connectivity index (χ4n) is 3.73. The molecule has 0 aromatic heterocycles. The normalized spacial score (nSPS) is 20.2. The van der Waals surface area contributed by atoms with E-state index in [2.05, 4.69) is 48.6 Å². The Bertz CT molecular complexity index is 728. The van der Waals surface area contributed by atoms with Crippen LogP contribution in [0, 0.1) is 0 Å². The van der Waals surface area contributed by atoms with Gasteiger partial charge in [0.25, 0.3) is 0 Å². The molecule has 1 N–H and O–H groups in total. The van der Waals surface area contributed by atoms with Crippen molar-refractivity contribution in [2.45, 2.75) is 31.3 Å². The van der Waals surface area contributed by atoms with Crippen molar-refractivity contribution < 1.29 is 0 Å². The summed E-state index contributed by atoms with van der Waals surface area (Å²) in [7, 11) is 6.26. The zero-order valence-electron chi connectivity index (χ0n) is 14.4. The van der Waals surface area contributed by atoms with Crippen LogP contribution >= 0.6 is 23.2 Å². The van der Waals surface area contributed by atoms with Crippen LogP contribution in [0.5, 0.6) is 0 Å². The molecule has 1 aliphatic rings. The largest absolute Gasteiger partial charge is 0.313 e. The van der Waals surface area contributed by atoms with Gasteiger partial charge in [0.15, 0.2) is 0 Å². The second-order valence-corrected chi connectivity index (χ2v) is 7.66. The molecule has 0 unspecified atom stereocenters. The minimum Gasteiger partial charge on any atom is -0.313 e. The Morgan fingerprint density at radius 1 is 1.00 bits per heavy atom. The van der Waals surface area contributed by atoms with Crippen molar-refractivity contribution >= 4 is 23.2 Å². The van der Waals surface area contributed by atoms with E-state index in [0.717, 1.165) is 19.4 Å². The second-order valence-electron chi connectivity index (χ2n) is 6.85. The molecule has 4 heteroatoms. The van der Waals surface area contributed by atoms with E-state index < -0.39 is 0 Å². The summed E-state index contributed by atoms with van der Waals surface area (Å²) in [5, 5.41) is 4.72. The monoisotopic (exact) mass is 362 g/mol. The lowest BCUT2D eigenvalue weighted by atomic mass is 9.76. The quantitative estimate of drug-likeness (QED) is 0.799. The minimum atomic E-state index is 0.382. The molecular formula is C20H24Cl2N2. The lowest BCUT2D eigenvalue weighted by Crippen LogP contribution is -2.25. The average Bonchev–Trinajstić information content (AvgIpc) is 2.55. The van der Waals surface area contributed by atoms with Crippen LogP contribution in [-0.4, -0.2) is 26.0 Å². The molecule has 0 fully saturated rings. The van der Waals surface area contributed by atoms with Crippen LogP contribution in [0.3, 0.4) is 0 Å². The molecule has 128 valence electrons. The molecule has 0 bridgehead atoms. The highest BCUT2D eigenvalue weighted by Crippen LogP contribution is 2.42. The number of nitrogens with zero attached hydrogens (tertiary/aromatic N) is 1. The Balaban J connectivity index is 2.02. The van der Waals surface area contributed by atoms with Gasteiger partial charge in [-0.25, -0.2) is 0 Å². The van der Waals surface area contributed by atoms with Gasteiger partial charge in [0.1, 0.15) is 0 Å². The highest BCUT2D eigenvalue weighted by atomic mass is 35.5. The molecule has 1 aliphatic carbocycles. The average molecular weight is 363 g/mol. The molecule has 2 atom stereocenters. The zero-order valence-corrected chi connectivity index (χ0v) is 16.0. The molecule has 2 aromatic carbocycles. The SMILES string of the molecule is CN[C@H]1CC[C@@H](c2ccc(Cl)c(Cl)c2)c2ccc(CN(C)C)cc21. The van der Waals surface area contributed by atoms with Crippen molar-refractivity contribution in [1.29, 1.82) is 0 Å². The summed E-state index contributed by atoms with van der Waals surface area (Å²) in [6.07, 6.45) is 2.24. The van der Waals surface area contributed by atoms with Gasteiger partial charge in [0.05, 0.1) is 10.0 Å². The number of halogens is 2. The van der Waals surface area contributed by atoms with Gasteiger partial charge < -0.3 is 10.2 Å². The van der Waals surface area contributed by atoms with Crippen LogP contribution in [-0.2, 0) is 6.54 Å². The number of benzene rings is 2. The maximum absolute atomic E-state index is 6.25. The van der Waals surface area contributed by atoms with Gasteiger partial charge in [-0.3, -0.25) is 0 Å². The van der Waals surface area contributed by atoms with E-state index in [1.54, 1.807) is 0 Å². The van der Waals surface area contributed by atoms with Crippen LogP contribution in [0.25, 0.3) is 0 Å². The molecule has 0 radical (unpaired) electrons. The Morgan fingerprint density at radius 3 is 2.46 bits per heavy atom. The van der Waals surface area contributed by atoms with Crippen LogP contribution in [0.15, 0.2) is 36.4 Å². The second kappa shape index (κ2) is 7.45. The zero-order chi connectivity index (χ0) is 17.3. The van der Waals surface area contributed by atoms with Gasteiger partial charge in [0.2, 0.25) is 0 Å². The molecule has 0 spiro atoms. The third-order valence-electron chi connectivity index (χ3n) is 4.84. The molecular weight excluding hydrogens is 339 g/mol. The van der Waals surface area contributed by atoms with E-state index in [1.807, 2.05) is 19.2 Å². The van der Waals surface area contributed by atoms with Crippen molar-refractivity contribution in [3.05, 3.63) is 68.7 Å². The van der Waals surface area contributed by atoms with Gasteiger partial charge in [-0.2, -0.15) is 0 Å². The fourth-order valence-corrected chi connectivity index (χ4v) is 4.03. The van der Waals surface area contributed by atoms with Crippen LogP contribution in [0.1, 0.15) is 47.1 Å². The first kappa shape index (κ1) is 17.8. The van der Waals surface area contributed by atoms with Crippen molar-refractivity contribution in [2.75, 3.05) is 21.1 Å². The summed E-state index contributed by atoms with van der Waals surface area (Å²) >= 11 is 12.3. The van der Waals surface area contributed by atoms with Crippen molar-refractivity contribution in [1.82, 2.24) is 10.2 Å². The summed E-state index contributed by atoms with van der Waals surface area (Å²) in [5.41, 5.74) is 5.43. The molecule has 0 saturated heterocycles. The summed E-state index contributed by atoms with van der Waals surface area (Å²) < 4.78 is 0. The van der Waals surface area contributed by atoms with Gasteiger partial charge in [-0.15, -0.1) is 0 Å². The van der Waals surface area contributed by atoms with Gasteiger partial charge in [-0.1, -0.05) is 47.5 Å². The van der Waals surface area contributed by atoms with Crippen LogP contribution < -0.4 is 5.32 Å². The summed E-state index contributed by atoms with van der Waals surface area (Å²) in [6.45, 7) is 0.959. The van der Waals surface area contributed by atoms with E-state index in [9.17, 15) is 0 Å². The summed E-state index contributed by atoms with van der Waals surface area (Å²) in [4.78, 5) is 2.20. The standard InChI is InChI=1S/C20H24Cl2N2/c1-23-20-9-7-15(14-5-8-18(21)19(22)11-14)16-6-4-13(10-17(16)20)12-24(2)3/h4-6,8,10-11,15,20,23H,7,9,12H2,1-3H3/t15-,20-/m0/s1. The van der Waals surface area contributed by atoms with Crippen molar-refractivity contribution in [2.24, 2.45) is 0 Å². The van der Waals surface area contributed by atoms with Gasteiger partial charge >= 0.3 is 0 Å². The number of fused-ring (bicyclic) bond motifs is 1. The number of nitrogens with one attached hydrogen (secondary N) is 1. The number of hydrogen-bond acceptors (Lipinski definition) is 2.